The fourth-order valence-corrected chi connectivity index (χ4v) is 1.41. The Morgan fingerprint density at radius 2 is 2.09 bits per heavy atom. The maximum atomic E-state index is 5.25. The molecular weight excluding hydrogens is 275 g/mol. The lowest BCUT2D eigenvalue weighted by Crippen LogP contribution is -2.22. The molecule has 0 amide bonds. The summed E-state index contributed by atoms with van der Waals surface area (Å²) in [6, 6.07) is 0. The van der Waals surface area contributed by atoms with E-state index in [2.05, 4.69) is 35.1 Å². The quantitative estimate of drug-likeness (QED) is 0.425. The molecule has 11 heavy (non-hydrogen) atoms. The fraction of sp³-hybridized carbons (Fsp3) is 1.00. The molecule has 0 saturated heterocycles. The number of ether oxygens (including phenoxy) is 1. The van der Waals surface area contributed by atoms with E-state index in [0.717, 1.165) is 19.4 Å². The predicted molar refractivity (Wildman–Crippen MR) is 57.9 cm³/mol. The Bertz CT molecular complexity index is 98.4. The summed E-state index contributed by atoms with van der Waals surface area (Å²) >= 11 is 2.12. The van der Waals surface area contributed by atoms with E-state index in [0.29, 0.717) is 0 Å². The third-order valence-corrected chi connectivity index (χ3v) is 2.62. The first-order chi connectivity index (χ1) is 5.12. The van der Waals surface area contributed by atoms with Crippen LogP contribution in [0.25, 0.3) is 0 Å². The minimum absolute atomic E-state index is 0.000695. The van der Waals surface area contributed by atoms with Crippen LogP contribution in [0.3, 0.4) is 0 Å². The van der Waals surface area contributed by atoms with E-state index in [1.165, 1.54) is 9.21 Å². The molecule has 0 fully saturated rings. The minimum atomic E-state index is -0.000695. The molecular formula is C7H15IO2S. The molecule has 0 atom stereocenters. The lowest BCUT2D eigenvalue weighted by atomic mass is 10.0. The minimum Gasteiger partial charge on any atom is -0.379 e. The smallest absolute Gasteiger partial charge is 0.0650 e. The summed E-state index contributed by atoms with van der Waals surface area (Å²) < 4.78 is 10.4. The highest BCUT2D eigenvalue weighted by atomic mass is 127. The molecule has 0 bridgehead atoms. The van der Waals surface area contributed by atoms with Gasteiger partial charge in [0.2, 0.25) is 0 Å². The van der Waals surface area contributed by atoms with Gasteiger partial charge >= 0.3 is 0 Å². The summed E-state index contributed by atoms with van der Waals surface area (Å²) in [5, 5.41) is 0. The van der Waals surface area contributed by atoms with E-state index in [-0.39, 0.29) is 5.60 Å². The number of rotatable bonds is 6. The Balaban J connectivity index is 3.23. The van der Waals surface area contributed by atoms with Gasteiger partial charge < -0.3 is 8.92 Å². The predicted octanol–water partition coefficient (Wildman–Crippen LogP) is 3.21. The second-order valence-corrected chi connectivity index (χ2v) is 4.39. The van der Waals surface area contributed by atoms with Crippen LogP contribution in [0.4, 0.5) is 0 Å². The van der Waals surface area contributed by atoms with Crippen LogP contribution >= 0.6 is 30.4 Å². The van der Waals surface area contributed by atoms with Crippen molar-refractivity contribution in [2.45, 2.75) is 32.3 Å². The molecule has 0 aliphatic rings. The number of hydrogen-bond acceptors (Lipinski definition) is 3. The zero-order valence-corrected chi connectivity index (χ0v) is 10.2. The Morgan fingerprint density at radius 3 is 2.55 bits per heavy atom. The van der Waals surface area contributed by atoms with Crippen molar-refractivity contribution in [3.8, 4) is 0 Å². The molecule has 0 saturated carbocycles. The molecule has 4 heteroatoms. The third kappa shape index (κ3) is 7.36. The molecule has 0 N–H and O–H groups in total. The molecule has 2 nitrogen and oxygen atoms in total. The third-order valence-electron chi connectivity index (χ3n) is 1.60. The van der Waals surface area contributed by atoms with Crippen LogP contribution in [-0.4, -0.2) is 19.3 Å². The van der Waals surface area contributed by atoms with Crippen LogP contribution in [0.15, 0.2) is 0 Å². The van der Waals surface area contributed by atoms with Crippen LogP contribution < -0.4 is 0 Å². The maximum absolute atomic E-state index is 5.25. The Morgan fingerprint density at radius 1 is 1.45 bits per heavy atom. The molecule has 0 heterocycles. The monoisotopic (exact) mass is 290 g/mol. The molecule has 0 radical (unpaired) electrons. The van der Waals surface area contributed by atoms with Gasteiger partial charge in [-0.1, -0.05) is 0 Å². The van der Waals surface area contributed by atoms with Gasteiger partial charge in [0.1, 0.15) is 0 Å². The van der Waals surface area contributed by atoms with E-state index in [1.54, 1.807) is 7.11 Å². The van der Waals surface area contributed by atoms with E-state index < -0.39 is 0 Å². The number of hydrogen-bond donors (Lipinski definition) is 0. The van der Waals surface area contributed by atoms with Crippen molar-refractivity contribution in [1.82, 2.24) is 0 Å². The molecule has 68 valence electrons. The molecule has 0 aliphatic carbocycles. The maximum Gasteiger partial charge on any atom is 0.0650 e. The summed E-state index contributed by atoms with van der Waals surface area (Å²) in [5.41, 5.74) is -0.000695. The first-order valence-corrected chi connectivity index (χ1v) is 6.86. The van der Waals surface area contributed by atoms with Crippen molar-refractivity contribution in [3.63, 3.8) is 0 Å². The lowest BCUT2D eigenvalue weighted by molar-refractivity contribution is 0.0117. The lowest BCUT2D eigenvalue weighted by Gasteiger charge is -2.22. The Hall–Kier alpha value is 1.00. The normalized spacial score (nSPS) is 12.0. The summed E-state index contributed by atoms with van der Waals surface area (Å²) in [6.07, 6.45) is 2.09. The van der Waals surface area contributed by atoms with Crippen molar-refractivity contribution in [1.29, 1.82) is 0 Å². The van der Waals surface area contributed by atoms with Gasteiger partial charge in [0.25, 0.3) is 0 Å². The van der Waals surface area contributed by atoms with Gasteiger partial charge in [0, 0.05) is 28.3 Å². The average molecular weight is 290 g/mol. The van der Waals surface area contributed by atoms with Gasteiger partial charge in [-0.2, -0.15) is 0 Å². The van der Waals surface area contributed by atoms with Gasteiger partial charge in [0.15, 0.2) is 0 Å². The van der Waals surface area contributed by atoms with Crippen molar-refractivity contribution in [2.24, 2.45) is 0 Å². The van der Waals surface area contributed by atoms with E-state index in [1.807, 2.05) is 0 Å². The first-order valence-electron chi connectivity index (χ1n) is 3.58. The van der Waals surface area contributed by atoms with Gasteiger partial charge in [-0.25, -0.2) is 0 Å². The summed E-state index contributed by atoms with van der Waals surface area (Å²) in [5.74, 6) is 0. The molecule has 0 aromatic heterocycles. The topological polar surface area (TPSA) is 18.5 Å². The Labute approximate surface area is 85.2 Å². The highest BCUT2D eigenvalue weighted by Gasteiger charge is 2.14. The highest BCUT2D eigenvalue weighted by molar-refractivity contribution is 14.2. The zero-order valence-electron chi connectivity index (χ0n) is 7.22. The van der Waals surface area contributed by atoms with E-state index in [9.17, 15) is 0 Å². The van der Waals surface area contributed by atoms with Crippen molar-refractivity contribution < 1.29 is 8.92 Å². The molecule has 0 aromatic rings. The zero-order chi connectivity index (χ0) is 8.74. The second kappa shape index (κ2) is 6.51. The number of halogens is 1. The van der Waals surface area contributed by atoms with Crippen molar-refractivity contribution in [2.75, 3.05) is 13.7 Å². The highest BCUT2D eigenvalue weighted by Crippen LogP contribution is 2.17. The first kappa shape index (κ1) is 12.0. The molecule has 0 spiro atoms. The summed E-state index contributed by atoms with van der Waals surface area (Å²) in [6.45, 7) is 4.98. The molecule has 0 unspecified atom stereocenters. The number of methoxy groups -OCH3 is 1. The van der Waals surface area contributed by atoms with Gasteiger partial charge in [-0.15, -0.1) is 0 Å². The average Bonchev–Trinajstić information content (AvgIpc) is 1.99. The summed E-state index contributed by atoms with van der Waals surface area (Å²) in [7, 11) is 3.13. The largest absolute Gasteiger partial charge is 0.379 e. The molecule has 0 rings (SSSR count). The van der Waals surface area contributed by atoms with E-state index in [4.69, 9.17) is 8.92 Å². The van der Waals surface area contributed by atoms with Crippen LogP contribution in [0.5, 0.6) is 0 Å². The second-order valence-electron chi connectivity index (χ2n) is 2.95. The van der Waals surface area contributed by atoms with Crippen molar-refractivity contribution in [3.05, 3.63) is 0 Å². The van der Waals surface area contributed by atoms with Crippen LogP contribution in [0.1, 0.15) is 26.7 Å². The van der Waals surface area contributed by atoms with E-state index >= 15 is 0 Å². The summed E-state index contributed by atoms with van der Waals surface area (Å²) in [4.78, 5) is 0. The van der Waals surface area contributed by atoms with Gasteiger partial charge in [0.05, 0.1) is 21.4 Å². The Kier molecular flexibility index (Phi) is 7.10. The molecule has 0 aromatic carbocycles. The molecule has 0 aliphatic heterocycles. The van der Waals surface area contributed by atoms with Crippen molar-refractivity contribution >= 4 is 30.4 Å². The standard InChI is InChI=1S/C7H15IO2S/c1-7(2,9-3)5-4-6-10-11-8/h4-6H2,1-3H3. The van der Waals surface area contributed by atoms with Gasteiger partial charge in [-0.3, -0.25) is 0 Å². The van der Waals surface area contributed by atoms with Crippen LogP contribution in [0, 0.1) is 0 Å². The van der Waals surface area contributed by atoms with Gasteiger partial charge in [-0.05, 0) is 26.7 Å². The van der Waals surface area contributed by atoms with Crippen LogP contribution in [0.2, 0.25) is 0 Å². The van der Waals surface area contributed by atoms with Crippen LogP contribution in [-0.2, 0) is 8.92 Å². The fourth-order valence-electron chi connectivity index (χ4n) is 0.690. The SMILES string of the molecule is COC(C)(C)CCCOSI.